The highest BCUT2D eigenvalue weighted by molar-refractivity contribution is 7.28. The molecule has 6 heteroatoms. The number of hydrogen-bond donors (Lipinski definition) is 0. The number of carbonyl (C=O) groups excluding carboxylic acids is 1. The molecule has 0 aromatic carbocycles. The summed E-state index contributed by atoms with van der Waals surface area (Å²) in [4.78, 5) is 16.7. The van der Waals surface area contributed by atoms with E-state index in [0.717, 1.165) is 9.53 Å². The SMILES string of the molecule is COC(=O)c1cc2sc(OC)nc2s1. The number of aromatic nitrogens is 1. The number of methoxy groups -OCH3 is 2. The monoisotopic (exact) mass is 229 g/mol. The standard InChI is InChI=1S/C8H7NO3S2/c1-11-7(10)5-3-4-6(13-5)9-8(12-2)14-4/h3H,1-2H3. The van der Waals surface area contributed by atoms with Gasteiger partial charge in [0.25, 0.3) is 5.19 Å². The Hall–Kier alpha value is -1.14. The maximum atomic E-state index is 11.2. The van der Waals surface area contributed by atoms with E-state index in [0.29, 0.717) is 10.1 Å². The molecule has 0 saturated carbocycles. The van der Waals surface area contributed by atoms with Gasteiger partial charge in [0, 0.05) is 0 Å². The first-order chi connectivity index (χ1) is 6.74. The lowest BCUT2D eigenvalue weighted by atomic mass is 10.5. The zero-order valence-corrected chi connectivity index (χ0v) is 9.20. The van der Waals surface area contributed by atoms with Crippen molar-refractivity contribution in [2.24, 2.45) is 0 Å². The Bertz CT molecular complexity index is 442. The molecule has 0 saturated heterocycles. The van der Waals surface area contributed by atoms with Crippen molar-refractivity contribution >= 4 is 38.2 Å². The Balaban J connectivity index is 2.44. The second-order valence-electron chi connectivity index (χ2n) is 2.46. The Morgan fingerprint density at radius 2 is 2.21 bits per heavy atom. The van der Waals surface area contributed by atoms with Crippen molar-refractivity contribution in [1.82, 2.24) is 4.98 Å². The van der Waals surface area contributed by atoms with E-state index in [1.54, 1.807) is 13.2 Å². The van der Waals surface area contributed by atoms with Gasteiger partial charge in [-0.2, -0.15) is 4.98 Å². The number of carbonyl (C=O) groups is 1. The predicted octanol–water partition coefficient (Wildman–Crippen LogP) is 2.15. The topological polar surface area (TPSA) is 48.4 Å². The summed E-state index contributed by atoms with van der Waals surface area (Å²) < 4.78 is 10.5. The number of esters is 1. The average molecular weight is 229 g/mol. The van der Waals surface area contributed by atoms with Crippen molar-refractivity contribution in [2.45, 2.75) is 0 Å². The molecule has 74 valence electrons. The number of thiophene rings is 1. The largest absolute Gasteiger partial charge is 0.473 e. The Morgan fingerprint density at radius 1 is 1.43 bits per heavy atom. The fourth-order valence-electron chi connectivity index (χ4n) is 1.00. The van der Waals surface area contributed by atoms with E-state index in [-0.39, 0.29) is 5.97 Å². The summed E-state index contributed by atoms with van der Waals surface area (Å²) in [6.07, 6.45) is 0. The van der Waals surface area contributed by atoms with Crippen LogP contribution >= 0.6 is 22.7 Å². The van der Waals surface area contributed by atoms with Crippen LogP contribution in [0.5, 0.6) is 5.19 Å². The second kappa shape index (κ2) is 3.55. The Kier molecular flexibility index (Phi) is 2.39. The normalized spacial score (nSPS) is 10.4. The van der Waals surface area contributed by atoms with E-state index >= 15 is 0 Å². The third-order valence-electron chi connectivity index (χ3n) is 1.63. The van der Waals surface area contributed by atoms with Gasteiger partial charge in [0.05, 0.1) is 18.9 Å². The third kappa shape index (κ3) is 1.46. The van der Waals surface area contributed by atoms with Crippen molar-refractivity contribution in [1.29, 1.82) is 0 Å². The van der Waals surface area contributed by atoms with Gasteiger partial charge < -0.3 is 9.47 Å². The summed E-state index contributed by atoms with van der Waals surface area (Å²) in [5.74, 6) is -0.320. The number of ether oxygens (including phenoxy) is 2. The molecule has 0 aliphatic rings. The maximum absolute atomic E-state index is 11.2. The maximum Gasteiger partial charge on any atom is 0.348 e. The molecular formula is C8H7NO3S2. The van der Waals surface area contributed by atoms with Crippen LogP contribution in [0.4, 0.5) is 0 Å². The third-order valence-corrected chi connectivity index (χ3v) is 3.73. The molecule has 2 rings (SSSR count). The minimum Gasteiger partial charge on any atom is -0.473 e. The lowest BCUT2D eigenvalue weighted by molar-refractivity contribution is 0.0606. The second-order valence-corrected chi connectivity index (χ2v) is 4.48. The first-order valence-electron chi connectivity index (χ1n) is 3.77. The van der Waals surface area contributed by atoms with Crippen molar-refractivity contribution in [3.05, 3.63) is 10.9 Å². The molecule has 0 atom stereocenters. The van der Waals surface area contributed by atoms with Gasteiger partial charge in [-0.15, -0.1) is 11.3 Å². The quantitative estimate of drug-likeness (QED) is 0.740. The molecule has 0 amide bonds. The van der Waals surface area contributed by atoms with E-state index in [4.69, 9.17) is 4.74 Å². The number of fused-ring (bicyclic) bond motifs is 1. The fourth-order valence-corrected chi connectivity index (χ4v) is 2.94. The highest BCUT2D eigenvalue weighted by Crippen LogP contribution is 2.33. The van der Waals surface area contributed by atoms with Gasteiger partial charge >= 0.3 is 5.97 Å². The first-order valence-corrected chi connectivity index (χ1v) is 5.40. The van der Waals surface area contributed by atoms with Crippen LogP contribution in [-0.4, -0.2) is 25.2 Å². The number of hydrogen-bond acceptors (Lipinski definition) is 6. The molecule has 0 fully saturated rings. The van der Waals surface area contributed by atoms with Crippen LogP contribution in [0.2, 0.25) is 0 Å². The van der Waals surface area contributed by atoms with Gasteiger partial charge in [-0.1, -0.05) is 11.3 Å². The van der Waals surface area contributed by atoms with Crippen LogP contribution < -0.4 is 4.74 Å². The number of thiazole rings is 1. The summed E-state index contributed by atoms with van der Waals surface area (Å²) in [6, 6.07) is 1.77. The summed E-state index contributed by atoms with van der Waals surface area (Å²) in [5.41, 5.74) is 0. The Morgan fingerprint density at radius 3 is 2.79 bits per heavy atom. The molecule has 14 heavy (non-hydrogen) atoms. The van der Waals surface area contributed by atoms with Crippen LogP contribution in [-0.2, 0) is 4.74 Å². The lowest BCUT2D eigenvalue weighted by Gasteiger charge is -1.91. The van der Waals surface area contributed by atoms with Gasteiger partial charge in [-0.3, -0.25) is 0 Å². The minimum absolute atomic E-state index is 0.320. The molecule has 0 aliphatic heterocycles. The van der Waals surface area contributed by atoms with E-state index < -0.39 is 0 Å². The zero-order valence-electron chi connectivity index (χ0n) is 7.57. The minimum atomic E-state index is -0.320. The molecule has 0 radical (unpaired) electrons. The summed E-state index contributed by atoms with van der Waals surface area (Å²) in [5, 5.41) is 0.614. The van der Waals surface area contributed by atoms with E-state index in [9.17, 15) is 4.79 Å². The molecule has 0 bridgehead atoms. The van der Waals surface area contributed by atoms with Crippen LogP contribution in [0.25, 0.3) is 9.53 Å². The fraction of sp³-hybridized carbons (Fsp3) is 0.250. The van der Waals surface area contributed by atoms with Crippen LogP contribution in [0.1, 0.15) is 9.67 Å². The van der Waals surface area contributed by atoms with Crippen molar-refractivity contribution < 1.29 is 14.3 Å². The van der Waals surface area contributed by atoms with Crippen molar-refractivity contribution in [2.75, 3.05) is 14.2 Å². The van der Waals surface area contributed by atoms with Crippen LogP contribution in [0, 0.1) is 0 Å². The molecule has 0 unspecified atom stereocenters. The summed E-state index contributed by atoms with van der Waals surface area (Å²) >= 11 is 2.73. The molecule has 4 nitrogen and oxygen atoms in total. The van der Waals surface area contributed by atoms with E-state index in [2.05, 4.69) is 9.72 Å². The molecule has 2 aromatic rings. The van der Waals surface area contributed by atoms with Gasteiger partial charge in [0.1, 0.15) is 9.71 Å². The number of nitrogens with zero attached hydrogens (tertiary/aromatic N) is 1. The van der Waals surface area contributed by atoms with Crippen molar-refractivity contribution in [3.8, 4) is 5.19 Å². The first kappa shape index (κ1) is 9.42. The van der Waals surface area contributed by atoms with Crippen LogP contribution in [0.3, 0.4) is 0 Å². The van der Waals surface area contributed by atoms with Gasteiger partial charge in [-0.05, 0) is 6.07 Å². The van der Waals surface area contributed by atoms with Crippen molar-refractivity contribution in [3.63, 3.8) is 0 Å². The van der Waals surface area contributed by atoms with Gasteiger partial charge in [-0.25, -0.2) is 4.79 Å². The zero-order chi connectivity index (χ0) is 10.1. The molecule has 2 heterocycles. The molecule has 2 aromatic heterocycles. The highest BCUT2D eigenvalue weighted by atomic mass is 32.1. The lowest BCUT2D eigenvalue weighted by Crippen LogP contribution is -1.96. The smallest absolute Gasteiger partial charge is 0.348 e. The molecular weight excluding hydrogens is 222 g/mol. The molecule has 0 spiro atoms. The predicted molar refractivity (Wildman–Crippen MR) is 55.4 cm³/mol. The van der Waals surface area contributed by atoms with E-state index in [1.165, 1.54) is 29.8 Å². The Labute approximate surface area is 88.1 Å². The summed E-state index contributed by atoms with van der Waals surface area (Å²) in [6.45, 7) is 0. The summed E-state index contributed by atoms with van der Waals surface area (Å²) in [7, 11) is 2.94. The highest BCUT2D eigenvalue weighted by Gasteiger charge is 2.13. The average Bonchev–Trinajstić information content (AvgIpc) is 2.72. The van der Waals surface area contributed by atoms with Gasteiger partial charge in [0.2, 0.25) is 0 Å². The van der Waals surface area contributed by atoms with Gasteiger partial charge in [0.15, 0.2) is 0 Å². The molecule has 0 N–H and O–H groups in total. The number of rotatable bonds is 2. The van der Waals surface area contributed by atoms with E-state index in [1.807, 2.05) is 0 Å². The van der Waals surface area contributed by atoms with Crippen LogP contribution in [0.15, 0.2) is 6.07 Å². The molecule has 0 aliphatic carbocycles.